The lowest BCUT2D eigenvalue weighted by Crippen LogP contribution is -2.40. The molecule has 0 aromatic carbocycles. The predicted octanol–water partition coefficient (Wildman–Crippen LogP) is 0.716. The molecule has 0 radical (unpaired) electrons. The molecular formula is C8H13NO. The smallest absolute Gasteiger partial charge is 0.146 e. The van der Waals surface area contributed by atoms with Gasteiger partial charge in [0.05, 0.1) is 6.04 Å². The van der Waals surface area contributed by atoms with Gasteiger partial charge in [-0.3, -0.25) is 4.79 Å². The molecule has 0 aromatic heterocycles. The Bertz CT molecular complexity index is 167. The highest BCUT2D eigenvalue weighted by molar-refractivity contribution is 5.82. The van der Waals surface area contributed by atoms with E-state index in [2.05, 4.69) is 5.32 Å². The Balaban J connectivity index is 2.08. The van der Waals surface area contributed by atoms with Gasteiger partial charge in [0, 0.05) is 6.04 Å². The molecule has 2 aliphatic rings. The second-order valence-corrected chi connectivity index (χ2v) is 3.53. The molecule has 2 rings (SSSR count). The highest BCUT2D eigenvalue weighted by atomic mass is 16.1. The van der Waals surface area contributed by atoms with Gasteiger partial charge in [-0.25, -0.2) is 0 Å². The third kappa shape index (κ3) is 0.788. The fraction of sp³-hybridized carbons (Fsp3) is 0.875. The standard InChI is InChI=1S/C8H13NO/c1-5(10)8-6-2-3-7(4-6)9-8/h6-9H,2-4H2,1H3/t6-,7-,8+/m0/s1. The summed E-state index contributed by atoms with van der Waals surface area (Å²) in [6.45, 7) is 1.69. The van der Waals surface area contributed by atoms with Gasteiger partial charge in [-0.15, -0.1) is 0 Å². The molecule has 0 aromatic rings. The first kappa shape index (κ1) is 6.35. The largest absolute Gasteiger partial charge is 0.304 e. The van der Waals surface area contributed by atoms with E-state index in [-0.39, 0.29) is 6.04 Å². The molecular weight excluding hydrogens is 126 g/mol. The Morgan fingerprint density at radius 1 is 1.50 bits per heavy atom. The molecule has 1 aliphatic heterocycles. The third-order valence-corrected chi connectivity index (χ3v) is 2.80. The summed E-state index contributed by atoms with van der Waals surface area (Å²) in [6.07, 6.45) is 3.79. The maximum Gasteiger partial charge on any atom is 0.146 e. The van der Waals surface area contributed by atoms with Gasteiger partial charge in [0.2, 0.25) is 0 Å². The topological polar surface area (TPSA) is 29.1 Å². The molecule has 10 heavy (non-hydrogen) atoms. The van der Waals surface area contributed by atoms with Crippen LogP contribution in [0.25, 0.3) is 0 Å². The Labute approximate surface area is 61.0 Å². The Morgan fingerprint density at radius 3 is 2.60 bits per heavy atom. The van der Waals surface area contributed by atoms with Crippen LogP contribution in [0, 0.1) is 5.92 Å². The van der Waals surface area contributed by atoms with Gasteiger partial charge >= 0.3 is 0 Å². The number of Topliss-reactive ketones (excluding diaryl/α,β-unsaturated/α-hetero) is 1. The van der Waals surface area contributed by atoms with Crippen LogP contribution in [0.2, 0.25) is 0 Å². The summed E-state index contributed by atoms with van der Waals surface area (Å²) >= 11 is 0. The summed E-state index contributed by atoms with van der Waals surface area (Å²) in [5, 5.41) is 3.34. The van der Waals surface area contributed by atoms with E-state index in [1.807, 2.05) is 0 Å². The van der Waals surface area contributed by atoms with Crippen LogP contribution in [-0.2, 0) is 4.79 Å². The monoisotopic (exact) mass is 139 g/mol. The van der Waals surface area contributed by atoms with Crippen molar-refractivity contribution in [2.75, 3.05) is 0 Å². The SMILES string of the molecule is CC(=O)[C@H]1N[C@H]2CC[C@H]1C2. The van der Waals surface area contributed by atoms with Crippen molar-refractivity contribution in [3.63, 3.8) is 0 Å². The summed E-state index contributed by atoms with van der Waals surface area (Å²) in [6, 6.07) is 0.873. The normalized spacial score (nSPS) is 44.3. The lowest BCUT2D eigenvalue weighted by molar-refractivity contribution is -0.119. The molecule has 0 spiro atoms. The van der Waals surface area contributed by atoms with Gasteiger partial charge in [-0.1, -0.05) is 0 Å². The number of fused-ring (bicyclic) bond motifs is 2. The van der Waals surface area contributed by atoms with Crippen LogP contribution < -0.4 is 5.32 Å². The van der Waals surface area contributed by atoms with Gasteiger partial charge in [0.15, 0.2) is 0 Å². The number of ketones is 1. The fourth-order valence-corrected chi connectivity index (χ4v) is 2.31. The van der Waals surface area contributed by atoms with E-state index in [9.17, 15) is 4.79 Å². The zero-order chi connectivity index (χ0) is 7.14. The second kappa shape index (κ2) is 2.06. The third-order valence-electron chi connectivity index (χ3n) is 2.80. The van der Waals surface area contributed by atoms with Gasteiger partial charge in [-0.05, 0) is 32.1 Å². The minimum Gasteiger partial charge on any atom is -0.304 e. The summed E-state index contributed by atoms with van der Waals surface area (Å²) in [4.78, 5) is 11.0. The zero-order valence-electron chi connectivity index (χ0n) is 6.26. The summed E-state index contributed by atoms with van der Waals surface area (Å²) in [5.74, 6) is 0.995. The minimum atomic E-state index is 0.207. The van der Waals surface area contributed by atoms with Crippen molar-refractivity contribution in [2.45, 2.75) is 38.3 Å². The first-order chi connectivity index (χ1) is 4.77. The first-order valence-corrected chi connectivity index (χ1v) is 4.04. The molecule has 2 nitrogen and oxygen atoms in total. The van der Waals surface area contributed by atoms with Gasteiger partial charge in [0.1, 0.15) is 5.78 Å². The Kier molecular flexibility index (Phi) is 1.31. The number of hydrogen-bond donors (Lipinski definition) is 1. The van der Waals surface area contributed by atoms with E-state index in [0.29, 0.717) is 17.7 Å². The molecule has 2 fully saturated rings. The molecule has 1 saturated carbocycles. The van der Waals surface area contributed by atoms with Crippen molar-refractivity contribution in [3.8, 4) is 0 Å². The van der Waals surface area contributed by atoms with E-state index < -0.39 is 0 Å². The van der Waals surface area contributed by atoms with Crippen LogP contribution >= 0.6 is 0 Å². The predicted molar refractivity (Wildman–Crippen MR) is 38.7 cm³/mol. The molecule has 2 bridgehead atoms. The lowest BCUT2D eigenvalue weighted by Gasteiger charge is -2.19. The first-order valence-electron chi connectivity index (χ1n) is 4.04. The number of piperidine rings is 1. The van der Waals surface area contributed by atoms with Crippen LogP contribution in [0.15, 0.2) is 0 Å². The molecule has 1 N–H and O–H groups in total. The molecule has 0 amide bonds. The quantitative estimate of drug-likeness (QED) is 0.580. The Morgan fingerprint density at radius 2 is 2.30 bits per heavy atom. The van der Waals surface area contributed by atoms with E-state index in [1.54, 1.807) is 6.92 Å². The highest BCUT2D eigenvalue weighted by Gasteiger charge is 2.40. The summed E-state index contributed by atoms with van der Waals surface area (Å²) in [5.41, 5.74) is 0. The van der Waals surface area contributed by atoms with Crippen molar-refractivity contribution in [1.82, 2.24) is 5.32 Å². The molecule has 0 unspecified atom stereocenters. The van der Waals surface area contributed by atoms with Crippen molar-refractivity contribution in [1.29, 1.82) is 0 Å². The van der Waals surface area contributed by atoms with Gasteiger partial charge in [0.25, 0.3) is 0 Å². The molecule has 56 valence electrons. The number of carbonyl (C=O) groups is 1. The van der Waals surface area contributed by atoms with Crippen LogP contribution in [0.3, 0.4) is 0 Å². The van der Waals surface area contributed by atoms with Gasteiger partial charge < -0.3 is 5.32 Å². The fourth-order valence-electron chi connectivity index (χ4n) is 2.31. The number of hydrogen-bond acceptors (Lipinski definition) is 2. The number of carbonyl (C=O) groups excluding carboxylic acids is 1. The average Bonchev–Trinajstić information content (AvgIpc) is 2.44. The van der Waals surface area contributed by atoms with Crippen LogP contribution in [0.1, 0.15) is 26.2 Å². The maximum absolute atomic E-state index is 11.0. The molecule has 1 aliphatic carbocycles. The molecule has 1 heterocycles. The molecule has 2 heteroatoms. The highest BCUT2D eigenvalue weighted by Crippen LogP contribution is 2.35. The van der Waals surface area contributed by atoms with Crippen LogP contribution in [-0.4, -0.2) is 17.9 Å². The molecule has 3 atom stereocenters. The van der Waals surface area contributed by atoms with Crippen molar-refractivity contribution in [3.05, 3.63) is 0 Å². The molecule has 1 saturated heterocycles. The maximum atomic E-state index is 11.0. The summed E-state index contributed by atoms with van der Waals surface area (Å²) in [7, 11) is 0. The van der Waals surface area contributed by atoms with Crippen molar-refractivity contribution in [2.24, 2.45) is 5.92 Å². The van der Waals surface area contributed by atoms with E-state index in [4.69, 9.17) is 0 Å². The van der Waals surface area contributed by atoms with E-state index >= 15 is 0 Å². The Hall–Kier alpha value is -0.370. The van der Waals surface area contributed by atoms with Gasteiger partial charge in [-0.2, -0.15) is 0 Å². The van der Waals surface area contributed by atoms with Crippen molar-refractivity contribution >= 4 is 5.78 Å². The minimum absolute atomic E-state index is 0.207. The van der Waals surface area contributed by atoms with Crippen molar-refractivity contribution < 1.29 is 4.79 Å². The van der Waals surface area contributed by atoms with Crippen LogP contribution in [0.4, 0.5) is 0 Å². The lowest BCUT2D eigenvalue weighted by atomic mass is 9.97. The average molecular weight is 139 g/mol. The zero-order valence-corrected chi connectivity index (χ0v) is 6.26. The van der Waals surface area contributed by atoms with Crippen LogP contribution in [0.5, 0.6) is 0 Å². The second-order valence-electron chi connectivity index (χ2n) is 3.53. The van der Waals surface area contributed by atoms with E-state index in [1.165, 1.54) is 19.3 Å². The number of rotatable bonds is 1. The number of nitrogens with one attached hydrogen (secondary N) is 1. The van der Waals surface area contributed by atoms with E-state index in [0.717, 1.165) is 0 Å². The summed E-state index contributed by atoms with van der Waals surface area (Å²) < 4.78 is 0.